The van der Waals surface area contributed by atoms with Gasteiger partial charge in [0, 0.05) is 11.1 Å². The topological polar surface area (TPSA) is 46.9 Å². The molecule has 116 valence electrons. The molecular weight excluding hydrogens is 330 g/mol. The minimum absolute atomic E-state index is 0.0854. The van der Waals surface area contributed by atoms with Crippen molar-refractivity contribution in [2.24, 2.45) is 0 Å². The summed E-state index contributed by atoms with van der Waals surface area (Å²) in [5.74, 6) is -0.0854. The van der Waals surface area contributed by atoms with E-state index < -0.39 is 0 Å². The lowest BCUT2D eigenvalue weighted by Gasteiger charge is -2.07. The van der Waals surface area contributed by atoms with Gasteiger partial charge in [-0.05, 0) is 54.6 Å². The van der Waals surface area contributed by atoms with Crippen molar-refractivity contribution < 1.29 is 4.79 Å². The van der Waals surface area contributed by atoms with E-state index in [4.69, 9.17) is 11.6 Å². The zero-order valence-electron chi connectivity index (χ0n) is 12.2. The van der Waals surface area contributed by atoms with Gasteiger partial charge >= 0.3 is 0 Å². The van der Waals surface area contributed by atoms with Crippen molar-refractivity contribution in [3.63, 3.8) is 0 Å². The van der Waals surface area contributed by atoms with E-state index >= 15 is 0 Å². The summed E-state index contributed by atoms with van der Waals surface area (Å²) in [5.41, 5.74) is 2.16. The quantitative estimate of drug-likeness (QED) is 0.773. The van der Waals surface area contributed by atoms with E-state index in [0.717, 1.165) is 29.1 Å². The molecular formula is C17H14ClN3OS. The molecule has 3 aromatic rings. The molecule has 1 aliphatic rings. The molecule has 0 unspecified atom stereocenters. The fraction of sp³-hybridized carbons (Fsp3) is 0.176. The molecule has 1 aromatic carbocycles. The molecule has 0 aliphatic heterocycles. The number of hydrogen-bond donors (Lipinski definition) is 1. The maximum Gasteiger partial charge on any atom is 0.270 e. The number of amides is 1. The van der Waals surface area contributed by atoms with Crippen LogP contribution in [0.1, 0.15) is 23.3 Å². The standard InChI is InChI=1S/C17H14ClN3OS/c18-11-3-7-13(8-4-11)21-15(17(22)19-12-5-6-12)10-14(20-21)16-2-1-9-23-16/h1-4,7-10,12H,5-6H2,(H,19,22). The summed E-state index contributed by atoms with van der Waals surface area (Å²) in [4.78, 5) is 13.6. The second-order valence-corrected chi connectivity index (χ2v) is 6.91. The molecule has 0 spiro atoms. The lowest BCUT2D eigenvalue weighted by atomic mass is 10.3. The minimum atomic E-state index is -0.0854. The normalized spacial score (nSPS) is 14.0. The van der Waals surface area contributed by atoms with Crippen LogP contribution in [0.25, 0.3) is 16.3 Å². The van der Waals surface area contributed by atoms with Crippen LogP contribution in [0.2, 0.25) is 5.02 Å². The van der Waals surface area contributed by atoms with Gasteiger partial charge in [0.1, 0.15) is 11.4 Å². The first-order valence-corrected chi connectivity index (χ1v) is 8.67. The van der Waals surface area contributed by atoms with Gasteiger partial charge in [-0.3, -0.25) is 4.79 Å². The number of hydrogen-bond acceptors (Lipinski definition) is 3. The summed E-state index contributed by atoms with van der Waals surface area (Å²) in [5, 5.41) is 10.3. The number of thiophene rings is 1. The Morgan fingerprint density at radius 2 is 2.04 bits per heavy atom. The number of aromatic nitrogens is 2. The van der Waals surface area contributed by atoms with E-state index in [1.54, 1.807) is 28.2 Å². The SMILES string of the molecule is O=C(NC1CC1)c1cc(-c2cccs2)nn1-c1ccc(Cl)cc1. The Morgan fingerprint density at radius 1 is 1.26 bits per heavy atom. The molecule has 0 radical (unpaired) electrons. The molecule has 2 heterocycles. The van der Waals surface area contributed by atoms with Crippen LogP contribution in [0.5, 0.6) is 0 Å². The van der Waals surface area contributed by atoms with Crippen LogP contribution in [0, 0.1) is 0 Å². The number of carbonyl (C=O) groups excluding carboxylic acids is 1. The number of halogens is 1. The maximum absolute atomic E-state index is 12.5. The lowest BCUT2D eigenvalue weighted by Crippen LogP contribution is -2.27. The molecule has 1 fully saturated rings. The second kappa shape index (κ2) is 5.83. The Kier molecular flexibility index (Phi) is 3.67. The Balaban J connectivity index is 1.77. The van der Waals surface area contributed by atoms with Gasteiger partial charge in [-0.2, -0.15) is 5.10 Å². The third kappa shape index (κ3) is 3.02. The monoisotopic (exact) mass is 343 g/mol. The van der Waals surface area contributed by atoms with Crippen molar-refractivity contribution in [3.05, 3.63) is 58.6 Å². The van der Waals surface area contributed by atoms with E-state index in [9.17, 15) is 4.79 Å². The fourth-order valence-corrected chi connectivity index (χ4v) is 3.16. The largest absolute Gasteiger partial charge is 0.348 e. The highest BCUT2D eigenvalue weighted by Crippen LogP contribution is 2.27. The van der Waals surface area contributed by atoms with Crippen LogP contribution in [0.15, 0.2) is 47.8 Å². The van der Waals surface area contributed by atoms with E-state index in [0.29, 0.717) is 16.8 Å². The molecule has 1 amide bonds. The van der Waals surface area contributed by atoms with Gasteiger partial charge in [0.05, 0.1) is 10.6 Å². The molecule has 2 aromatic heterocycles. The van der Waals surface area contributed by atoms with Crippen LogP contribution < -0.4 is 5.32 Å². The summed E-state index contributed by atoms with van der Waals surface area (Å²) in [6.07, 6.45) is 2.11. The molecule has 4 rings (SSSR count). The van der Waals surface area contributed by atoms with Crippen molar-refractivity contribution in [1.29, 1.82) is 0 Å². The molecule has 0 saturated heterocycles. The number of benzene rings is 1. The third-order valence-corrected chi connectivity index (χ3v) is 4.84. The lowest BCUT2D eigenvalue weighted by molar-refractivity contribution is 0.0943. The van der Waals surface area contributed by atoms with Crippen LogP contribution >= 0.6 is 22.9 Å². The van der Waals surface area contributed by atoms with E-state index in [2.05, 4.69) is 10.4 Å². The average Bonchev–Trinajstić information content (AvgIpc) is 3.06. The van der Waals surface area contributed by atoms with E-state index in [1.807, 2.05) is 35.7 Å². The van der Waals surface area contributed by atoms with E-state index in [-0.39, 0.29) is 5.91 Å². The summed E-state index contributed by atoms with van der Waals surface area (Å²) in [6.45, 7) is 0. The summed E-state index contributed by atoms with van der Waals surface area (Å²) >= 11 is 7.56. The van der Waals surface area contributed by atoms with Crippen LogP contribution in [-0.2, 0) is 0 Å². The Bertz CT molecular complexity index is 835. The molecule has 6 heteroatoms. The van der Waals surface area contributed by atoms with Crippen molar-refractivity contribution in [1.82, 2.24) is 15.1 Å². The van der Waals surface area contributed by atoms with E-state index in [1.165, 1.54) is 0 Å². The maximum atomic E-state index is 12.5. The first-order chi connectivity index (χ1) is 11.2. The van der Waals surface area contributed by atoms with Gasteiger partial charge in [-0.1, -0.05) is 17.7 Å². The first-order valence-electron chi connectivity index (χ1n) is 7.41. The first kappa shape index (κ1) is 14.5. The van der Waals surface area contributed by atoms with Crippen LogP contribution in [0.3, 0.4) is 0 Å². The summed E-state index contributed by atoms with van der Waals surface area (Å²) in [7, 11) is 0. The Labute approximate surface area is 142 Å². The van der Waals surface area contributed by atoms with Crippen LogP contribution in [0.4, 0.5) is 0 Å². The van der Waals surface area contributed by atoms with Crippen molar-refractivity contribution >= 4 is 28.8 Å². The predicted molar refractivity (Wildman–Crippen MR) is 92.4 cm³/mol. The zero-order chi connectivity index (χ0) is 15.8. The van der Waals surface area contributed by atoms with Crippen molar-refractivity contribution in [2.75, 3.05) is 0 Å². The zero-order valence-corrected chi connectivity index (χ0v) is 13.8. The number of rotatable bonds is 4. The third-order valence-electron chi connectivity index (χ3n) is 3.70. The molecule has 1 aliphatic carbocycles. The molecule has 23 heavy (non-hydrogen) atoms. The summed E-state index contributed by atoms with van der Waals surface area (Å²) < 4.78 is 1.68. The second-order valence-electron chi connectivity index (χ2n) is 5.53. The molecule has 1 saturated carbocycles. The van der Waals surface area contributed by atoms with Crippen molar-refractivity contribution in [2.45, 2.75) is 18.9 Å². The summed E-state index contributed by atoms with van der Waals surface area (Å²) in [6, 6.07) is 13.5. The van der Waals surface area contributed by atoms with Gasteiger partial charge < -0.3 is 5.32 Å². The smallest absolute Gasteiger partial charge is 0.270 e. The highest BCUT2D eigenvalue weighted by molar-refractivity contribution is 7.13. The molecule has 0 bridgehead atoms. The predicted octanol–water partition coefficient (Wildman–Crippen LogP) is 4.15. The van der Waals surface area contributed by atoms with Gasteiger partial charge in [0.25, 0.3) is 5.91 Å². The Morgan fingerprint density at radius 3 is 2.70 bits per heavy atom. The van der Waals surface area contributed by atoms with Gasteiger partial charge in [0.2, 0.25) is 0 Å². The Hall–Kier alpha value is -2.11. The average molecular weight is 344 g/mol. The van der Waals surface area contributed by atoms with Gasteiger partial charge in [-0.15, -0.1) is 11.3 Å². The molecule has 4 nitrogen and oxygen atoms in total. The molecule has 1 N–H and O–H groups in total. The highest BCUT2D eigenvalue weighted by atomic mass is 35.5. The van der Waals surface area contributed by atoms with Gasteiger partial charge in [-0.25, -0.2) is 4.68 Å². The van der Waals surface area contributed by atoms with Crippen LogP contribution in [-0.4, -0.2) is 21.7 Å². The number of nitrogens with zero attached hydrogens (tertiary/aromatic N) is 2. The number of carbonyl (C=O) groups is 1. The highest BCUT2D eigenvalue weighted by Gasteiger charge is 2.26. The number of nitrogens with one attached hydrogen (secondary N) is 1. The minimum Gasteiger partial charge on any atom is -0.348 e. The fourth-order valence-electron chi connectivity index (χ4n) is 2.35. The van der Waals surface area contributed by atoms with Crippen molar-refractivity contribution in [3.8, 4) is 16.3 Å². The van der Waals surface area contributed by atoms with Gasteiger partial charge in [0.15, 0.2) is 0 Å². The molecule has 0 atom stereocenters.